The van der Waals surface area contributed by atoms with Gasteiger partial charge in [-0.1, -0.05) is 36.4 Å². The number of ketones is 1. The molecule has 1 aromatic carbocycles. The lowest BCUT2D eigenvalue weighted by Gasteiger charge is -2.00. The van der Waals surface area contributed by atoms with Gasteiger partial charge in [0.05, 0.1) is 4.53 Å². The number of furan rings is 1. The highest BCUT2D eigenvalue weighted by Crippen LogP contribution is 2.08. The van der Waals surface area contributed by atoms with Crippen LogP contribution < -0.4 is 14.8 Å². The molecule has 0 aliphatic carbocycles. The molecule has 3 aromatic rings. The Hall–Kier alpha value is -3.43. The van der Waals surface area contributed by atoms with Gasteiger partial charge in [0.15, 0.2) is 0 Å². The maximum Gasteiger partial charge on any atom is 0.269 e. The minimum absolute atomic E-state index is 0.0691. The van der Waals surface area contributed by atoms with Gasteiger partial charge in [-0.3, -0.25) is 14.2 Å². The van der Waals surface area contributed by atoms with Gasteiger partial charge < -0.3 is 4.42 Å². The van der Waals surface area contributed by atoms with Crippen LogP contribution >= 0.6 is 11.3 Å². The first-order valence-corrected chi connectivity index (χ1v) is 8.99. The van der Waals surface area contributed by atoms with Crippen LogP contribution in [0.2, 0.25) is 0 Å². The number of nitrogens with zero attached hydrogens (tertiary/aromatic N) is 2. The van der Waals surface area contributed by atoms with Crippen LogP contribution in [-0.4, -0.2) is 10.4 Å². The number of carbonyl (C=O) groups is 1. The lowest BCUT2D eigenvalue weighted by Crippen LogP contribution is -2.32. The van der Waals surface area contributed by atoms with E-state index >= 15 is 0 Å². The van der Waals surface area contributed by atoms with Crippen molar-refractivity contribution in [2.45, 2.75) is 13.5 Å². The maximum atomic E-state index is 12.8. The molecule has 0 fully saturated rings. The van der Waals surface area contributed by atoms with E-state index in [1.165, 1.54) is 4.57 Å². The van der Waals surface area contributed by atoms with Gasteiger partial charge in [-0.25, -0.2) is 0 Å². The minimum Gasteiger partial charge on any atom is -0.462 e. The first-order valence-electron chi connectivity index (χ1n) is 8.18. The lowest BCUT2D eigenvalue weighted by atomic mass is 10.1. The quantitative estimate of drug-likeness (QED) is 0.506. The van der Waals surface area contributed by atoms with E-state index in [1.807, 2.05) is 13.0 Å². The fraction of sp³-hybridized carbons (Fsp3) is 0.0952. The van der Waals surface area contributed by atoms with Crippen molar-refractivity contribution in [2.24, 2.45) is 0 Å². The van der Waals surface area contributed by atoms with E-state index in [4.69, 9.17) is 4.42 Å². The summed E-state index contributed by atoms with van der Waals surface area (Å²) in [6.45, 7) is 5.67. The van der Waals surface area contributed by atoms with Crippen LogP contribution in [0.4, 0.5) is 0 Å². The largest absolute Gasteiger partial charge is 0.462 e. The van der Waals surface area contributed by atoms with Crippen LogP contribution in [0.25, 0.3) is 11.6 Å². The normalized spacial score (nSPS) is 12.5. The zero-order valence-corrected chi connectivity index (χ0v) is 15.5. The monoisotopic (exact) mass is 376 g/mol. The molecule has 0 radical (unpaired) electrons. The Bertz CT molecular complexity index is 1220. The Morgan fingerprint density at radius 2 is 2.04 bits per heavy atom. The van der Waals surface area contributed by atoms with Crippen molar-refractivity contribution in [3.05, 3.63) is 91.8 Å². The first-order chi connectivity index (χ1) is 13.0. The Morgan fingerprint density at radius 1 is 1.30 bits per heavy atom. The molecule has 2 heterocycles. The van der Waals surface area contributed by atoms with Crippen molar-refractivity contribution < 1.29 is 9.21 Å². The smallest absolute Gasteiger partial charge is 0.269 e. The van der Waals surface area contributed by atoms with Crippen molar-refractivity contribution in [3.8, 4) is 6.07 Å². The van der Waals surface area contributed by atoms with Gasteiger partial charge in [-0.15, -0.1) is 17.9 Å². The zero-order valence-electron chi connectivity index (χ0n) is 14.6. The van der Waals surface area contributed by atoms with Gasteiger partial charge in [-0.05, 0) is 19.1 Å². The number of hydrogen-bond donors (Lipinski definition) is 0. The second-order valence-corrected chi connectivity index (χ2v) is 6.78. The van der Waals surface area contributed by atoms with E-state index in [0.29, 0.717) is 20.5 Å². The molecule has 0 saturated heterocycles. The van der Waals surface area contributed by atoms with Crippen LogP contribution in [0.15, 0.2) is 64.3 Å². The minimum atomic E-state index is -0.419. The predicted octanol–water partition coefficient (Wildman–Crippen LogP) is 2.38. The van der Waals surface area contributed by atoms with E-state index in [2.05, 4.69) is 6.58 Å². The van der Waals surface area contributed by atoms with Crippen LogP contribution in [0.3, 0.4) is 0 Å². The number of thiazole rings is 1. The molecule has 0 N–H and O–H groups in total. The fourth-order valence-electron chi connectivity index (χ4n) is 2.59. The summed E-state index contributed by atoms with van der Waals surface area (Å²) in [5.74, 6) is 0.849. The Kier molecular flexibility index (Phi) is 5.34. The molecule has 0 spiro atoms. The number of hydrogen-bond acceptors (Lipinski definition) is 5. The molecule has 6 heteroatoms. The van der Waals surface area contributed by atoms with Gasteiger partial charge in [0.25, 0.3) is 5.56 Å². The maximum absolute atomic E-state index is 12.8. The standard InChI is InChI=1S/C21H16N2O3S/c1-3-11-23-20(25)18(12-16-10-9-14(2)26-16)27-21(23)17(13-22)19(24)15-7-5-4-6-8-15/h3-10,12H,1,11H2,2H3/b18-12?,21-17+. The molecule has 5 nitrogen and oxygen atoms in total. The van der Waals surface area contributed by atoms with Gasteiger partial charge in [0.2, 0.25) is 5.78 Å². The average molecular weight is 376 g/mol. The van der Waals surface area contributed by atoms with E-state index in [-0.39, 0.29) is 17.7 Å². The third-order valence-electron chi connectivity index (χ3n) is 3.84. The number of aromatic nitrogens is 1. The summed E-state index contributed by atoms with van der Waals surface area (Å²) in [4.78, 5) is 25.6. The van der Waals surface area contributed by atoms with Gasteiger partial charge in [-0.2, -0.15) is 5.26 Å². The van der Waals surface area contributed by atoms with Crippen molar-refractivity contribution >= 4 is 28.8 Å². The topological polar surface area (TPSA) is 76.0 Å². The van der Waals surface area contributed by atoms with Crippen LogP contribution in [0.1, 0.15) is 21.9 Å². The van der Waals surface area contributed by atoms with Gasteiger partial charge in [0, 0.05) is 18.2 Å². The molecule has 27 heavy (non-hydrogen) atoms. The first kappa shape index (κ1) is 18.4. The molecular weight excluding hydrogens is 360 g/mol. The Balaban J connectivity index is 2.29. The third-order valence-corrected chi connectivity index (χ3v) is 4.97. The highest BCUT2D eigenvalue weighted by molar-refractivity contribution is 7.07. The van der Waals surface area contributed by atoms with Crippen LogP contribution in [-0.2, 0) is 6.54 Å². The molecular formula is C21H16N2O3S. The predicted molar refractivity (Wildman–Crippen MR) is 105 cm³/mol. The van der Waals surface area contributed by atoms with Crippen molar-refractivity contribution in [3.63, 3.8) is 0 Å². The molecule has 0 unspecified atom stereocenters. The summed E-state index contributed by atoms with van der Waals surface area (Å²) in [7, 11) is 0. The summed E-state index contributed by atoms with van der Waals surface area (Å²) in [5.41, 5.74) is 0.0326. The van der Waals surface area contributed by atoms with E-state index in [9.17, 15) is 14.9 Å². The van der Waals surface area contributed by atoms with Crippen LogP contribution in [0.5, 0.6) is 0 Å². The number of carbonyl (C=O) groups excluding carboxylic acids is 1. The van der Waals surface area contributed by atoms with Gasteiger partial charge >= 0.3 is 0 Å². The molecule has 0 bridgehead atoms. The van der Waals surface area contributed by atoms with E-state index in [0.717, 1.165) is 17.1 Å². The molecule has 134 valence electrons. The number of benzene rings is 1. The molecule has 0 amide bonds. The fourth-order valence-corrected chi connectivity index (χ4v) is 3.68. The Labute approximate surface area is 159 Å². The summed E-state index contributed by atoms with van der Waals surface area (Å²) in [5, 5.41) is 9.63. The average Bonchev–Trinajstić information content (AvgIpc) is 3.22. The van der Waals surface area contributed by atoms with E-state index in [1.54, 1.807) is 54.6 Å². The summed E-state index contributed by atoms with van der Waals surface area (Å²) < 4.78 is 7.58. The molecule has 0 saturated carbocycles. The molecule has 0 aliphatic rings. The molecule has 0 aliphatic heterocycles. The summed E-state index contributed by atoms with van der Waals surface area (Å²) >= 11 is 1.09. The molecule has 0 atom stereocenters. The van der Waals surface area contributed by atoms with Crippen molar-refractivity contribution in [1.82, 2.24) is 4.57 Å². The second kappa shape index (κ2) is 7.85. The SMILES string of the molecule is C=CCn1c(=O)c(=Cc2ccc(C)o2)s/c1=C(\C#N)C(=O)c1ccccc1. The number of allylic oxidation sites excluding steroid dienone is 1. The van der Waals surface area contributed by atoms with Gasteiger partial charge in [0.1, 0.15) is 27.8 Å². The summed E-state index contributed by atoms with van der Waals surface area (Å²) in [6, 6.07) is 14.1. The second-order valence-electron chi connectivity index (χ2n) is 5.75. The molecule has 3 rings (SSSR count). The number of Topliss-reactive ketones (excluding diaryl/α,β-unsaturated/α-hetero) is 1. The van der Waals surface area contributed by atoms with Crippen LogP contribution in [0, 0.1) is 18.3 Å². The third kappa shape index (κ3) is 3.73. The van der Waals surface area contributed by atoms with Crippen molar-refractivity contribution in [1.29, 1.82) is 5.26 Å². The van der Waals surface area contributed by atoms with Crippen molar-refractivity contribution in [2.75, 3.05) is 0 Å². The Morgan fingerprint density at radius 3 is 2.63 bits per heavy atom. The highest BCUT2D eigenvalue weighted by atomic mass is 32.1. The molecule has 2 aromatic heterocycles. The number of aryl methyl sites for hydroxylation is 1. The summed E-state index contributed by atoms with van der Waals surface area (Å²) in [6.07, 6.45) is 3.17. The zero-order chi connectivity index (χ0) is 19.4. The highest BCUT2D eigenvalue weighted by Gasteiger charge is 2.17. The van der Waals surface area contributed by atoms with E-state index < -0.39 is 5.78 Å². The lowest BCUT2D eigenvalue weighted by molar-refractivity contribution is 0.105. The number of rotatable bonds is 5. The number of nitriles is 1.